The van der Waals surface area contributed by atoms with Gasteiger partial charge in [-0.3, -0.25) is 0 Å². The molecular formula is C17H32OS. The van der Waals surface area contributed by atoms with Crippen molar-refractivity contribution in [2.45, 2.75) is 90.4 Å². The van der Waals surface area contributed by atoms with Gasteiger partial charge in [0.05, 0.1) is 11.3 Å². The third-order valence-electron chi connectivity index (χ3n) is 3.49. The molecule has 1 nitrogen and oxygen atoms in total. The number of allylic oxidation sites excluding steroid dienone is 2. The van der Waals surface area contributed by atoms with Gasteiger partial charge in [-0.15, -0.1) is 0 Å². The monoisotopic (exact) mass is 284 g/mol. The van der Waals surface area contributed by atoms with E-state index in [0.717, 1.165) is 6.42 Å². The average molecular weight is 285 g/mol. The predicted octanol–water partition coefficient (Wildman–Crippen LogP) is 5.65. The number of hydrogen-bond donors (Lipinski definition) is 0. The van der Waals surface area contributed by atoms with Crippen LogP contribution >= 0.6 is 0 Å². The van der Waals surface area contributed by atoms with Gasteiger partial charge in [0, 0.05) is 5.37 Å². The Hall–Kier alpha value is -0.370. The standard InChI is InChI=1S/C17H32OS/c1-2-3-4-5-6-7-8-9-10-11-12-13-14-15-16-17-19-18/h15-17H,2-14H2,1H3. The fourth-order valence-electron chi connectivity index (χ4n) is 2.29. The van der Waals surface area contributed by atoms with Gasteiger partial charge < -0.3 is 0 Å². The van der Waals surface area contributed by atoms with Crippen LogP contribution in [0.2, 0.25) is 0 Å². The third kappa shape index (κ3) is 17.6. The maximum absolute atomic E-state index is 10.1. The first kappa shape index (κ1) is 18.6. The Morgan fingerprint density at radius 2 is 1.21 bits per heavy atom. The van der Waals surface area contributed by atoms with Gasteiger partial charge in [0.1, 0.15) is 0 Å². The highest BCUT2D eigenvalue weighted by Crippen LogP contribution is 2.12. The van der Waals surface area contributed by atoms with Gasteiger partial charge in [-0.25, -0.2) is 4.21 Å². The summed E-state index contributed by atoms with van der Waals surface area (Å²) < 4.78 is 10.1. The Labute approximate surface area is 123 Å². The number of unbranched alkanes of at least 4 members (excludes halogenated alkanes) is 12. The van der Waals surface area contributed by atoms with Gasteiger partial charge in [0.15, 0.2) is 0 Å². The van der Waals surface area contributed by atoms with E-state index in [1.54, 1.807) is 5.37 Å². The summed E-state index contributed by atoms with van der Waals surface area (Å²) in [6.45, 7) is 2.27. The second kappa shape index (κ2) is 17.6. The zero-order valence-corrected chi connectivity index (χ0v) is 13.6. The molecule has 0 atom stereocenters. The van der Waals surface area contributed by atoms with Gasteiger partial charge >= 0.3 is 0 Å². The molecular weight excluding hydrogens is 252 g/mol. The maximum atomic E-state index is 10.1. The fraction of sp³-hybridized carbons (Fsp3) is 0.824. The van der Waals surface area contributed by atoms with Crippen molar-refractivity contribution < 1.29 is 4.21 Å². The minimum Gasteiger partial charge on any atom is -0.212 e. The lowest BCUT2D eigenvalue weighted by atomic mass is 10.0. The maximum Gasteiger partial charge on any atom is 0.0885 e. The topological polar surface area (TPSA) is 17.1 Å². The molecule has 0 spiro atoms. The molecule has 0 bridgehead atoms. The van der Waals surface area contributed by atoms with Crippen molar-refractivity contribution in [1.82, 2.24) is 0 Å². The van der Waals surface area contributed by atoms with Crippen LogP contribution in [0.25, 0.3) is 0 Å². The molecule has 0 saturated carbocycles. The van der Waals surface area contributed by atoms with Gasteiger partial charge in [0.25, 0.3) is 0 Å². The van der Waals surface area contributed by atoms with Crippen molar-refractivity contribution in [1.29, 1.82) is 0 Å². The molecule has 0 radical (unpaired) electrons. The molecule has 112 valence electrons. The number of rotatable bonds is 14. The zero-order chi connectivity index (χ0) is 14.0. The van der Waals surface area contributed by atoms with E-state index in [2.05, 4.69) is 13.0 Å². The van der Waals surface area contributed by atoms with Crippen LogP contribution in [-0.2, 0) is 11.3 Å². The van der Waals surface area contributed by atoms with Gasteiger partial charge in [-0.2, -0.15) is 0 Å². The lowest BCUT2D eigenvalue weighted by Gasteiger charge is -2.02. The summed E-state index contributed by atoms with van der Waals surface area (Å²) in [6.07, 6.45) is 21.9. The molecule has 2 heteroatoms. The highest BCUT2D eigenvalue weighted by Gasteiger charge is 1.92. The smallest absolute Gasteiger partial charge is 0.0885 e. The lowest BCUT2D eigenvalue weighted by Crippen LogP contribution is -1.82. The van der Waals surface area contributed by atoms with Crippen molar-refractivity contribution in [3.8, 4) is 0 Å². The Morgan fingerprint density at radius 3 is 1.68 bits per heavy atom. The molecule has 0 unspecified atom stereocenters. The molecule has 0 saturated heterocycles. The first-order valence-corrected chi connectivity index (χ1v) is 8.99. The van der Waals surface area contributed by atoms with Gasteiger partial charge in [-0.05, 0) is 12.8 Å². The summed E-state index contributed by atoms with van der Waals surface area (Å²) in [6, 6.07) is 0. The van der Waals surface area contributed by atoms with E-state index in [1.807, 2.05) is 6.08 Å². The van der Waals surface area contributed by atoms with Crippen molar-refractivity contribution in [3.63, 3.8) is 0 Å². The molecule has 0 heterocycles. The van der Waals surface area contributed by atoms with E-state index < -0.39 is 0 Å². The van der Waals surface area contributed by atoms with E-state index in [9.17, 15) is 4.21 Å². The Morgan fingerprint density at radius 1 is 0.737 bits per heavy atom. The highest BCUT2D eigenvalue weighted by atomic mass is 32.1. The van der Waals surface area contributed by atoms with E-state index in [1.165, 1.54) is 77.0 Å². The number of hydrogen-bond acceptors (Lipinski definition) is 1. The summed E-state index contributed by atoms with van der Waals surface area (Å²) in [5.41, 5.74) is 0. The first-order valence-electron chi connectivity index (χ1n) is 8.18. The van der Waals surface area contributed by atoms with Crippen LogP contribution in [0, 0.1) is 0 Å². The van der Waals surface area contributed by atoms with E-state index in [4.69, 9.17) is 0 Å². The molecule has 0 aliphatic rings. The molecule has 0 N–H and O–H groups in total. The minimum absolute atomic E-state index is 0.525. The third-order valence-corrected chi connectivity index (χ3v) is 3.76. The molecule has 0 amide bonds. The second-order valence-corrected chi connectivity index (χ2v) is 5.80. The first-order chi connectivity index (χ1) is 9.41. The average Bonchev–Trinajstić information content (AvgIpc) is 2.43. The van der Waals surface area contributed by atoms with Crippen molar-refractivity contribution in [3.05, 3.63) is 12.2 Å². The second-order valence-electron chi connectivity index (χ2n) is 5.34. The molecule has 0 rings (SSSR count). The summed E-state index contributed by atoms with van der Waals surface area (Å²) in [7, 11) is 0. The van der Waals surface area contributed by atoms with E-state index in [0.29, 0.717) is 11.3 Å². The molecule has 0 fully saturated rings. The Balaban J connectivity index is 3.00. The quantitative estimate of drug-likeness (QED) is 0.229. The predicted molar refractivity (Wildman–Crippen MR) is 89.0 cm³/mol. The Bertz CT molecular complexity index is 242. The normalized spacial score (nSPS) is 11.0. The SMILES string of the molecule is CCCCCCCCCCCCCCC=CC=S=O. The zero-order valence-electron chi connectivity index (χ0n) is 12.7. The largest absolute Gasteiger partial charge is 0.212 e. The van der Waals surface area contributed by atoms with Crippen molar-refractivity contribution >= 4 is 16.6 Å². The Kier molecular flexibility index (Phi) is 17.3. The van der Waals surface area contributed by atoms with Crippen LogP contribution in [0.5, 0.6) is 0 Å². The van der Waals surface area contributed by atoms with Crippen LogP contribution in [0.4, 0.5) is 0 Å². The molecule has 0 aliphatic carbocycles. The molecule has 19 heavy (non-hydrogen) atoms. The summed E-state index contributed by atoms with van der Waals surface area (Å²) in [5, 5.41) is 1.60. The van der Waals surface area contributed by atoms with Crippen LogP contribution in [0.15, 0.2) is 12.2 Å². The minimum atomic E-state index is 0.525. The molecule has 0 aromatic heterocycles. The highest BCUT2D eigenvalue weighted by molar-refractivity contribution is 7.65. The molecule has 0 aromatic rings. The van der Waals surface area contributed by atoms with Crippen LogP contribution in [0.1, 0.15) is 90.4 Å². The van der Waals surface area contributed by atoms with E-state index in [-0.39, 0.29) is 0 Å². The van der Waals surface area contributed by atoms with E-state index >= 15 is 0 Å². The van der Waals surface area contributed by atoms with Crippen molar-refractivity contribution in [2.75, 3.05) is 0 Å². The van der Waals surface area contributed by atoms with Crippen LogP contribution in [0.3, 0.4) is 0 Å². The summed E-state index contributed by atoms with van der Waals surface area (Å²) in [4.78, 5) is 0. The van der Waals surface area contributed by atoms with Crippen LogP contribution < -0.4 is 0 Å². The van der Waals surface area contributed by atoms with Crippen molar-refractivity contribution in [2.24, 2.45) is 0 Å². The summed E-state index contributed by atoms with van der Waals surface area (Å²) in [5.74, 6) is 0. The molecule has 0 aromatic carbocycles. The lowest BCUT2D eigenvalue weighted by molar-refractivity contribution is 0.545. The van der Waals surface area contributed by atoms with Gasteiger partial charge in [0.2, 0.25) is 0 Å². The van der Waals surface area contributed by atoms with Crippen LogP contribution in [-0.4, -0.2) is 9.58 Å². The van der Waals surface area contributed by atoms with Gasteiger partial charge in [-0.1, -0.05) is 89.7 Å². The fourth-order valence-corrected chi connectivity index (χ4v) is 2.46. The summed E-state index contributed by atoms with van der Waals surface area (Å²) >= 11 is 0.525. The molecule has 0 aliphatic heterocycles.